The zero-order valence-corrected chi connectivity index (χ0v) is 6.34. The Morgan fingerprint density at radius 2 is 2.27 bits per heavy atom. The van der Waals surface area contributed by atoms with Gasteiger partial charge in [-0.05, 0) is 6.92 Å². The number of hydrogen-bond acceptors (Lipinski definition) is 4. The Morgan fingerprint density at radius 1 is 1.64 bits per heavy atom. The summed E-state index contributed by atoms with van der Waals surface area (Å²) in [5.74, 6) is -0.454. The molecule has 11 heavy (non-hydrogen) atoms. The van der Waals surface area contributed by atoms with Crippen molar-refractivity contribution in [3.05, 3.63) is 0 Å². The van der Waals surface area contributed by atoms with E-state index in [9.17, 15) is 9.59 Å². The Balaban J connectivity index is 2.70. The van der Waals surface area contributed by atoms with E-state index in [0.29, 0.717) is 0 Å². The van der Waals surface area contributed by atoms with Crippen molar-refractivity contribution in [2.75, 3.05) is 13.7 Å². The van der Waals surface area contributed by atoms with Crippen molar-refractivity contribution in [3.63, 3.8) is 0 Å². The lowest BCUT2D eigenvalue weighted by Gasteiger charge is -2.16. The molecule has 0 aliphatic carbocycles. The molecule has 0 aromatic carbocycles. The van der Waals surface area contributed by atoms with Crippen LogP contribution in [0.3, 0.4) is 0 Å². The predicted octanol–water partition coefficient (Wildman–Crippen LogP) is -0.342. The molecular weight excluding hydrogens is 150 g/mol. The maximum Gasteiger partial charge on any atom is 0.415 e. The third-order valence-electron chi connectivity index (χ3n) is 1.43. The standard InChI is InChI=1S/C6H9NO4/c1-6(3-10-2)4(8)7-5(9)11-6/h3H2,1-2H3,(H,7,8,9). The number of carbonyl (C=O) groups is 2. The first-order valence-electron chi connectivity index (χ1n) is 3.12. The minimum atomic E-state index is -1.15. The summed E-state index contributed by atoms with van der Waals surface area (Å²) in [5.41, 5.74) is -1.15. The maximum absolute atomic E-state index is 11.0. The van der Waals surface area contributed by atoms with Crippen molar-refractivity contribution in [1.82, 2.24) is 5.32 Å². The molecule has 1 aliphatic heterocycles. The highest BCUT2D eigenvalue weighted by atomic mass is 16.6. The van der Waals surface area contributed by atoms with Crippen LogP contribution in [0.2, 0.25) is 0 Å². The summed E-state index contributed by atoms with van der Waals surface area (Å²) >= 11 is 0. The molecule has 1 aliphatic rings. The van der Waals surface area contributed by atoms with Crippen LogP contribution in [0.1, 0.15) is 6.92 Å². The van der Waals surface area contributed by atoms with Gasteiger partial charge in [-0.1, -0.05) is 0 Å². The number of carbonyl (C=O) groups excluding carboxylic acids is 2. The lowest BCUT2D eigenvalue weighted by molar-refractivity contribution is -0.133. The number of alkyl carbamates (subject to hydrolysis) is 1. The Labute approximate surface area is 63.7 Å². The summed E-state index contributed by atoms with van der Waals surface area (Å²) in [4.78, 5) is 21.5. The van der Waals surface area contributed by atoms with Crippen LogP contribution in [-0.2, 0) is 14.3 Å². The van der Waals surface area contributed by atoms with Crippen LogP contribution in [0, 0.1) is 0 Å². The molecule has 0 bridgehead atoms. The molecule has 1 atom stereocenters. The lowest BCUT2D eigenvalue weighted by atomic mass is 10.1. The highest BCUT2D eigenvalue weighted by Gasteiger charge is 2.44. The molecule has 5 nitrogen and oxygen atoms in total. The van der Waals surface area contributed by atoms with Crippen LogP contribution in [0.4, 0.5) is 4.79 Å². The number of imide groups is 1. The van der Waals surface area contributed by atoms with Gasteiger partial charge in [0.15, 0.2) is 0 Å². The van der Waals surface area contributed by atoms with Gasteiger partial charge in [0.25, 0.3) is 5.91 Å². The highest BCUT2D eigenvalue weighted by molar-refractivity contribution is 6.02. The molecule has 0 aromatic rings. The number of cyclic esters (lactones) is 1. The summed E-state index contributed by atoms with van der Waals surface area (Å²) in [6.45, 7) is 1.57. The fourth-order valence-corrected chi connectivity index (χ4v) is 0.872. The molecule has 1 fully saturated rings. The molecule has 62 valence electrons. The monoisotopic (exact) mass is 159 g/mol. The van der Waals surface area contributed by atoms with Gasteiger partial charge in [0.1, 0.15) is 0 Å². The van der Waals surface area contributed by atoms with Crippen LogP contribution >= 0.6 is 0 Å². The van der Waals surface area contributed by atoms with Crippen molar-refractivity contribution in [1.29, 1.82) is 0 Å². The first-order valence-corrected chi connectivity index (χ1v) is 3.12. The quantitative estimate of drug-likeness (QED) is 0.598. The number of methoxy groups -OCH3 is 1. The fraction of sp³-hybridized carbons (Fsp3) is 0.667. The molecule has 1 saturated heterocycles. The van der Waals surface area contributed by atoms with Crippen LogP contribution in [0.25, 0.3) is 0 Å². The zero-order chi connectivity index (χ0) is 8.48. The van der Waals surface area contributed by atoms with E-state index in [0.717, 1.165) is 0 Å². The normalized spacial score (nSPS) is 30.0. The molecule has 1 N–H and O–H groups in total. The van der Waals surface area contributed by atoms with Gasteiger partial charge >= 0.3 is 6.09 Å². The van der Waals surface area contributed by atoms with Gasteiger partial charge in [0, 0.05) is 7.11 Å². The minimum Gasteiger partial charge on any atom is -0.430 e. The Bertz CT molecular complexity index is 203. The van der Waals surface area contributed by atoms with E-state index in [2.05, 4.69) is 4.74 Å². The third-order valence-corrected chi connectivity index (χ3v) is 1.43. The molecule has 1 heterocycles. The maximum atomic E-state index is 11.0. The number of amides is 2. The highest BCUT2D eigenvalue weighted by Crippen LogP contribution is 2.16. The molecule has 1 unspecified atom stereocenters. The molecule has 0 saturated carbocycles. The van der Waals surface area contributed by atoms with Crippen molar-refractivity contribution >= 4 is 12.0 Å². The van der Waals surface area contributed by atoms with E-state index in [1.54, 1.807) is 0 Å². The SMILES string of the molecule is COCC1(C)OC(=O)NC1=O. The van der Waals surface area contributed by atoms with Gasteiger partial charge in [-0.2, -0.15) is 0 Å². The van der Waals surface area contributed by atoms with Gasteiger partial charge in [0.2, 0.25) is 5.60 Å². The average molecular weight is 159 g/mol. The Hall–Kier alpha value is -1.10. The topological polar surface area (TPSA) is 64.6 Å². The molecule has 1 rings (SSSR count). The fourth-order valence-electron chi connectivity index (χ4n) is 0.872. The number of ether oxygens (including phenoxy) is 2. The van der Waals surface area contributed by atoms with E-state index in [-0.39, 0.29) is 6.61 Å². The Kier molecular flexibility index (Phi) is 1.82. The second-order valence-corrected chi connectivity index (χ2v) is 2.51. The first kappa shape index (κ1) is 8.00. The number of rotatable bonds is 2. The molecule has 0 spiro atoms. The lowest BCUT2D eigenvalue weighted by Crippen LogP contribution is -2.40. The molecular formula is C6H9NO4. The van der Waals surface area contributed by atoms with E-state index in [4.69, 9.17) is 4.74 Å². The van der Waals surface area contributed by atoms with E-state index in [1.165, 1.54) is 14.0 Å². The van der Waals surface area contributed by atoms with E-state index >= 15 is 0 Å². The summed E-state index contributed by atoms with van der Waals surface area (Å²) in [6.07, 6.45) is -0.713. The minimum absolute atomic E-state index is 0.0740. The van der Waals surface area contributed by atoms with Crippen molar-refractivity contribution in [2.45, 2.75) is 12.5 Å². The van der Waals surface area contributed by atoms with Gasteiger partial charge < -0.3 is 9.47 Å². The van der Waals surface area contributed by atoms with Gasteiger partial charge in [-0.15, -0.1) is 0 Å². The summed E-state index contributed by atoms with van der Waals surface area (Å²) in [6, 6.07) is 0. The van der Waals surface area contributed by atoms with Crippen LogP contribution in [0.5, 0.6) is 0 Å². The van der Waals surface area contributed by atoms with Crippen molar-refractivity contribution in [2.24, 2.45) is 0 Å². The smallest absolute Gasteiger partial charge is 0.415 e. The molecule has 5 heteroatoms. The molecule has 0 radical (unpaired) electrons. The second kappa shape index (κ2) is 2.50. The number of hydrogen-bond donors (Lipinski definition) is 1. The predicted molar refractivity (Wildman–Crippen MR) is 34.9 cm³/mol. The van der Waals surface area contributed by atoms with E-state index < -0.39 is 17.6 Å². The van der Waals surface area contributed by atoms with Gasteiger partial charge in [0.05, 0.1) is 6.61 Å². The van der Waals surface area contributed by atoms with Crippen molar-refractivity contribution in [3.8, 4) is 0 Å². The average Bonchev–Trinajstić information content (AvgIpc) is 2.08. The summed E-state index contributed by atoms with van der Waals surface area (Å²) in [5, 5.41) is 2.01. The first-order chi connectivity index (χ1) is 5.08. The summed E-state index contributed by atoms with van der Waals surface area (Å²) in [7, 11) is 1.44. The van der Waals surface area contributed by atoms with Gasteiger partial charge in [-0.25, -0.2) is 4.79 Å². The van der Waals surface area contributed by atoms with Crippen LogP contribution in [-0.4, -0.2) is 31.3 Å². The van der Waals surface area contributed by atoms with Gasteiger partial charge in [-0.3, -0.25) is 10.1 Å². The van der Waals surface area contributed by atoms with Crippen molar-refractivity contribution < 1.29 is 19.1 Å². The largest absolute Gasteiger partial charge is 0.430 e. The summed E-state index contributed by atoms with van der Waals surface area (Å²) < 4.78 is 9.39. The van der Waals surface area contributed by atoms with Crippen LogP contribution < -0.4 is 5.32 Å². The Morgan fingerprint density at radius 3 is 2.64 bits per heavy atom. The van der Waals surface area contributed by atoms with E-state index in [1.807, 2.05) is 5.32 Å². The second-order valence-electron chi connectivity index (χ2n) is 2.51. The molecule has 2 amide bonds. The third kappa shape index (κ3) is 1.32. The molecule has 0 aromatic heterocycles. The van der Waals surface area contributed by atoms with Crippen LogP contribution in [0.15, 0.2) is 0 Å². The number of nitrogens with one attached hydrogen (secondary N) is 1. The zero-order valence-electron chi connectivity index (χ0n) is 6.34.